The van der Waals surface area contributed by atoms with E-state index < -0.39 is 5.97 Å². The van der Waals surface area contributed by atoms with Crippen molar-refractivity contribution < 1.29 is 23.7 Å². The molecule has 0 amide bonds. The van der Waals surface area contributed by atoms with Gasteiger partial charge in [-0.1, -0.05) is 13.8 Å². The molecule has 0 aliphatic carbocycles. The van der Waals surface area contributed by atoms with Gasteiger partial charge in [-0.05, 0) is 37.0 Å². The monoisotopic (exact) mass is 413 g/mol. The number of methoxy groups -OCH3 is 1. The number of esters is 1. The van der Waals surface area contributed by atoms with E-state index in [0.717, 1.165) is 23.2 Å². The van der Waals surface area contributed by atoms with Crippen LogP contribution in [0, 0.1) is 5.92 Å². The first kappa shape index (κ1) is 20.5. The van der Waals surface area contributed by atoms with E-state index in [9.17, 15) is 9.59 Å². The predicted octanol–water partition coefficient (Wildman–Crippen LogP) is 3.23. The molecule has 7 heteroatoms. The summed E-state index contributed by atoms with van der Waals surface area (Å²) < 4.78 is 23.9. The molecule has 0 saturated carbocycles. The molecule has 1 aromatic carbocycles. The van der Waals surface area contributed by atoms with Crippen molar-refractivity contribution in [2.45, 2.75) is 39.3 Å². The summed E-state index contributed by atoms with van der Waals surface area (Å²) in [7, 11) is 1.60. The minimum absolute atomic E-state index is 0.0310. The van der Waals surface area contributed by atoms with Gasteiger partial charge in [0.05, 0.1) is 32.6 Å². The first-order valence-corrected chi connectivity index (χ1v) is 10.3. The largest absolute Gasteiger partial charge is 0.493 e. The molecule has 0 N–H and O–H groups in total. The molecule has 160 valence electrons. The lowest BCUT2D eigenvalue weighted by molar-refractivity contribution is -0.0803. The summed E-state index contributed by atoms with van der Waals surface area (Å²) >= 11 is 0. The van der Waals surface area contributed by atoms with Crippen LogP contribution in [0.15, 0.2) is 29.2 Å². The molecule has 0 spiro atoms. The maximum Gasteiger partial charge on any atom is 0.343 e. The van der Waals surface area contributed by atoms with Crippen molar-refractivity contribution in [1.82, 2.24) is 4.57 Å². The van der Waals surface area contributed by atoms with Crippen LogP contribution in [0.5, 0.6) is 11.5 Å². The van der Waals surface area contributed by atoms with Gasteiger partial charge in [-0.2, -0.15) is 0 Å². The van der Waals surface area contributed by atoms with Crippen LogP contribution in [0.3, 0.4) is 0 Å². The predicted molar refractivity (Wildman–Crippen MR) is 111 cm³/mol. The number of ether oxygens (including phenoxy) is 4. The zero-order valence-electron chi connectivity index (χ0n) is 17.8. The van der Waals surface area contributed by atoms with Gasteiger partial charge >= 0.3 is 5.97 Å². The third-order valence-corrected chi connectivity index (χ3v) is 5.70. The van der Waals surface area contributed by atoms with Crippen LogP contribution >= 0.6 is 0 Å². The molecule has 1 aromatic heterocycles. The van der Waals surface area contributed by atoms with Crippen LogP contribution < -0.4 is 14.9 Å². The summed E-state index contributed by atoms with van der Waals surface area (Å²) in [6.07, 6.45) is 2.43. The van der Waals surface area contributed by atoms with Crippen molar-refractivity contribution in [3.8, 4) is 22.8 Å². The number of rotatable bonds is 6. The highest BCUT2D eigenvalue weighted by Gasteiger charge is 2.30. The number of hydrogen-bond acceptors (Lipinski definition) is 6. The highest BCUT2D eigenvalue weighted by atomic mass is 16.6. The number of benzene rings is 1. The van der Waals surface area contributed by atoms with Gasteiger partial charge in [-0.25, -0.2) is 4.79 Å². The number of carbonyl (C=O) groups is 1. The van der Waals surface area contributed by atoms with E-state index in [4.69, 9.17) is 18.9 Å². The molecule has 2 aromatic rings. The first-order chi connectivity index (χ1) is 14.4. The molecule has 4 rings (SSSR count). The molecule has 1 saturated heterocycles. The van der Waals surface area contributed by atoms with E-state index in [0.29, 0.717) is 30.6 Å². The maximum atomic E-state index is 12.7. The Hall–Kier alpha value is -2.80. The Labute approximate surface area is 175 Å². The minimum atomic E-state index is -0.588. The summed E-state index contributed by atoms with van der Waals surface area (Å²) in [6, 6.07) is 5.54. The number of pyridine rings is 1. The van der Waals surface area contributed by atoms with E-state index in [2.05, 4.69) is 13.8 Å². The van der Waals surface area contributed by atoms with Gasteiger partial charge in [0.25, 0.3) is 0 Å². The quantitative estimate of drug-likeness (QED) is 0.677. The van der Waals surface area contributed by atoms with Crippen molar-refractivity contribution in [1.29, 1.82) is 0 Å². The van der Waals surface area contributed by atoms with Crippen molar-refractivity contribution in [2.24, 2.45) is 5.92 Å². The van der Waals surface area contributed by atoms with Crippen LogP contribution in [0.1, 0.15) is 42.7 Å². The van der Waals surface area contributed by atoms with Gasteiger partial charge < -0.3 is 23.5 Å². The lowest BCUT2D eigenvalue weighted by Crippen LogP contribution is -2.38. The molecule has 0 radical (unpaired) electrons. The zero-order valence-corrected chi connectivity index (χ0v) is 17.8. The smallest absolute Gasteiger partial charge is 0.343 e. The number of nitrogens with zero attached hydrogens (tertiary/aromatic N) is 1. The fourth-order valence-corrected chi connectivity index (χ4v) is 4.01. The number of aromatic nitrogens is 1. The van der Waals surface area contributed by atoms with Crippen LogP contribution in [0.4, 0.5) is 0 Å². The second-order valence-electron chi connectivity index (χ2n) is 8.02. The molecular weight excluding hydrogens is 386 g/mol. The average Bonchev–Trinajstić information content (AvgIpc) is 2.69. The second-order valence-corrected chi connectivity index (χ2v) is 8.02. The Balaban J connectivity index is 1.84. The summed E-state index contributed by atoms with van der Waals surface area (Å²) in [5.41, 5.74) is 2.49. The Morgan fingerprint density at radius 1 is 1.23 bits per heavy atom. The standard InChI is InChI=1S/C23H27NO6/c1-5-29-23(26)17-10-24-18(13(2)3)6-14-7-22(30-15-11-28-12-15)21(27-4)8-16(14)19(24)9-20(17)25/h7-10,13,15,18H,5-6,11-12H2,1-4H3. The zero-order chi connectivity index (χ0) is 21.4. The van der Waals surface area contributed by atoms with Crippen molar-refractivity contribution in [2.75, 3.05) is 26.9 Å². The lowest BCUT2D eigenvalue weighted by Gasteiger charge is -2.34. The van der Waals surface area contributed by atoms with E-state index >= 15 is 0 Å². The number of hydrogen-bond donors (Lipinski definition) is 0. The topological polar surface area (TPSA) is 76.0 Å². The van der Waals surface area contributed by atoms with Crippen molar-refractivity contribution >= 4 is 5.97 Å². The molecule has 2 aliphatic rings. The Bertz CT molecular complexity index is 1020. The van der Waals surface area contributed by atoms with Gasteiger partial charge in [0.1, 0.15) is 11.7 Å². The molecule has 3 heterocycles. The third kappa shape index (κ3) is 3.58. The second kappa shape index (κ2) is 8.14. The lowest BCUT2D eigenvalue weighted by atomic mass is 9.87. The normalized spacial score (nSPS) is 17.7. The van der Waals surface area contributed by atoms with Crippen LogP contribution in [-0.2, 0) is 15.9 Å². The molecule has 2 aliphatic heterocycles. The molecule has 7 nitrogen and oxygen atoms in total. The summed E-state index contributed by atoms with van der Waals surface area (Å²) in [6.45, 7) is 7.36. The summed E-state index contributed by atoms with van der Waals surface area (Å²) in [5, 5.41) is 0. The van der Waals surface area contributed by atoms with E-state index in [-0.39, 0.29) is 29.7 Å². The van der Waals surface area contributed by atoms with Gasteiger partial charge in [-0.3, -0.25) is 4.79 Å². The van der Waals surface area contributed by atoms with Gasteiger partial charge in [0.2, 0.25) is 0 Å². The summed E-state index contributed by atoms with van der Waals surface area (Å²) in [5.74, 6) is 0.999. The average molecular weight is 413 g/mol. The van der Waals surface area contributed by atoms with E-state index in [1.165, 1.54) is 6.07 Å². The minimum Gasteiger partial charge on any atom is -0.493 e. The number of fused-ring (bicyclic) bond motifs is 3. The van der Waals surface area contributed by atoms with Crippen LogP contribution in [0.2, 0.25) is 0 Å². The van der Waals surface area contributed by atoms with Crippen molar-refractivity contribution in [3.05, 3.63) is 45.7 Å². The van der Waals surface area contributed by atoms with E-state index in [1.807, 2.05) is 16.7 Å². The molecule has 0 bridgehead atoms. The fraction of sp³-hybridized carbons (Fsp3) is 0.478. The SMILES string of the molecule is CCOC(=O)c1cn2c(cc1=O)-c1cc(OC)c(OC3COC3)cc1CC2C(C)C. The van der Waals surface area contributed by atoms with E-state index in [1.54, 1.807) is 20.2 Å². The van der Waals surface area contributed by atoms with Gasteiger partial charge in [0, 0.05) is 23.9 Å². The molecule has 1 unspecified atom stereocenters. The Morgan fingerprint density at radius 3 is 2.60 bits per heavy atom. The fourth-order valence-electron chi connectivity index (χ4n) is 4.01. The molecule has 1 atom stereocenters. The third-order valence-electron chi connectivity index (χ3n) is 5.70. The maximum absolute atomic E-state index is 12.7. The van der Waals surface area contributed by atoms with Gasteiger partial charge in [0.15, 0.2) is 16.9 Å². The van der Waals surface area contributed by atoms with Crippen LogP contribution in [0.25, 0.3) is 11.3 Å². The van der Waals surface area contributed by atoms with Crippen molar-refractivity contribution in [3.63, 3.8) is 0 Å². The highest BCUT2D eigenvalue weighted by molar-refractivity contribution is 5.89. The first-order valence-electron chi connectivity index (χ1n) is 10.3. The van der Waals surface area contributed by atoms with Crippen LogP contribution in [-0.4, -0.2) is 43.6 Å². The molecular formula is C23H27NO6. The Morgan fingerprint density at radius 2 is 2.00 bits per heavy atom. The highest BCUT2D eigenvalue weighted by Crippen LogP contribution is 2.43. The summed E-state index contributed by atoms with van der Waals surface area (Å²) in [4.78, 5) is 25.0. The molecule has 1 fully saturated rings. The molecule has 30 heavy (non-hydrogen) atoms. The van der Waals surface area contributed by atoms with Gasteiger partial charge in [-0.15, -0.1) is 0 Å². The number of carbonyl (C=O) groups excluding carboxylic acids is 1. The Kier molecular flexibility index (Phi) is 5.56.